The van der Waals surface area contributed by atoms with Crippen LogP contribution in [0.15, 0.2) is 30.3 Å². The highest BCUT2D eigenvalue weighted by Gasteiger charge is 2.60. The highest BCUT2D eigenvalue weighted by atomic mass is 14.6. The maximum Gasteiger partial charge on any atom is 0.0268 e. The second-order valence-electron chi connectivity index (χ2n) is 6.80. The van der Waals surface area contributed by atoms with Crippen molar-refractivity contribution >= 4 is 0 Å². The molecular weight excluding hydrogens is 216 g/mol. The van der Waals surface area contributed by atoms with Crippen LogP contribution in [-0.2, 0) is 0 Å². The molecule has 18 heavy (non-hydrogen) atoms. The normalized spacial score (nSPS) is 36.2. The third-order valence-corrected chi connectivity index (χ3v) is 5.96. The zero-order chi connectivity index (χ0) is 12.8. The molecule has 0 aromatic heterocycles. The van der Waals surface area contributed by atoms with Crippen molar-refractivity contribution in [3.05, 3.63) is 35.9 Å². The second-order valence-corrected chi connectivity index (χ2v) is 6.80. The van der Waals surface area contributed by atoms with Crippen molar-refractivity contribution < 1.29 is 0 Å². The summed E-state index contributed by atoms with van der Waals surface area (Å²) in [5.41, 5.74) is 2.06. The Hall–Kier alpha value is -1.22. The van der Waals surface area contributed by atoms with Gasteiger partial charge in [-0.25, -0.2) is 0 Å². The fourth-order valence-corrected chi connectivity index (χ4v) is 4.11. The first-order valence-corrected chi connectivity index (χ1v) is 7.11. The Morgan fingerprint density at radius 3 is 2.39 bits per heavy atom. The van der Waals surface area contributed by atoms with Crippen LogP contribution < -0.4 is 0 Å². The lowest BCUT2D eigenvalue weighted by Gasteiger charge is -2.37. The Morgan fingerprint density at radius 1 is 1.11 bits per heavy atom. The molecule has 0 heterocycles. The van der Waals surface area contributed by atoms with Crippen LogP contribution in [0.5, 0.6) is 0 Å². The quantitative estimate of drug-likeness (QED) is 0.584. The van der Waals surface area contributed by atoms with E-state index in [9.17, 15) is 0 Å². The maximum absolute atomic E-state index is 3.58. The van der Waals surface area contributed by atoms with E-state index < -0.39 is 0 Å². The molecule has 3 unspecified atom stereocenters. The average molecular weight is 238 g/mol. The fourth-order valence-electron chi connectivity index (χ4n) is 4.11. The molecule has 0 aliphatic heterocycles. The Kier molecular flexibility index (Phi) is 2.56. The van der Waals surface area contributed by atoms with Gasteiger partial charge in [0.2, 0.25) is 0 Å². The van der Waals surface area contributed by atoms with E-state index in [0.717, 1.165) is 11.5 Å². The highest BCUT2D eigenvalue weighted by molar-refractivity contribution is 5.35. The lowest BCUT2D eigenvalue weighted by molar-refractivity contribution is 0.127. The smallest absolute Gasteiger partial charge is 0.0268 e. The maximum atomic E-state index is 3.58. The largest absolute Gasteiger partial charge is 0.0939 e. The summed E-state index contributed by atoms with van der Waals surface area (Å²) < 4.78 is 0. The van der Waals surface area contributed by atoms with Crippen molar-refractivity contribution in [1.29, 1.82) is 0 Å². The van der Waals surface area contributed by atoms with Crippen LogP contribution >= 0.6 is 0 Å². The molecule has 0 amide bonds. The summed E-state index contributed by atoms with van der Waals surface area (Å²) in [4.78, 5) is 0. The van der Waals surface area contributed by atoms with E-state index in [1.165, 1.54) is 19.3 Å². The number of benzene rings is 1. The van der Waals surface area contributed by atoms with E-state index >= 15 is 0 Å². The van der Waals surface area contributed by atoms with Crippen molar-refractivity contribution in [2.45, 2.75) is 40.0 Å². The van der Waals surface area contributed by atoms with Gasteiger partial charge in [-0.05, 0) is 48.1 Å². The Balaban J connectivity index is 1.87. The summed E-state index contributed by atoms with van der Waals surface area (Å²) in [5, 5.41) is 0. The van der Waals surface area contributed by atoms with Crippen LogP contribution in [0.2, 0.25) is 0 Å². The summed E-state index contributed by atoms with van der Waals surface area (Å²) in [6, 6.07) is 10.4. The third-order valence-electron chi connectivity index (χ3n) is 5.96. The van der Waals surface area contributed by atoms with E-state index in [0.29, 0.717) is 16.7 Å². The van der Waals surface area contributed by atoms with E-state index in [4.69, 9.17) is 0 Å². The zero-order valence-corrected chi connectivity index (χ0v) is 11.7. The lowest BCUT2D eigenvalue weighted by Crippen LogP contribution is -2.31. The molecule has 3 atom stereocenters. The average Bonchev–Trinajstić information content (AvgIpc) is 2.70. The lowest BCUT2D eigenvalue weighted by atomic mass is 9.67. The van der Waals surface area contributed by atoms with Gasteiger partial charge in [-0.3, -0.25) is 0 Å². The van der Waals surface area contributed by atoms with Gasteiger partial charge < -0.3 is 0 Å². The highest BCUT2D eigenvalue weighted by Crippen LogP contribution is 2.67. The first-order chi connectivity index (χ1) is 8.54. The molecule has 2 fully saturated rings. The van der Waals surface area contributed by atoms with Crippen LogP contribution in [0.4, 0.5) is 0 Å². The second kappa shape index (κ2) is 3.89. The molecule has 0 spiro atoms. The number of fused-ring (bicyclic) bond motifs is 2. The van der Waals surface area contributed by atoms with Gasteiger partial charge in [-0.1, -0.05) is 50.8 Å². The van der Waals surface area contributed by atoms with Crippen molar-refractivity contribution in [1.82, 2.24) is 0 Å². The molecule has 1 aromatic carbocycles. The molecule has 3 rings (SSSR count). The minimum absolute atomic E-state index is 0.430. The topological polar surface area (TPSA) is 0 Å². The summed E-state index contributed by atoms with van der Waals surface area (Å²) in [6.07, 6.45) is 4.08. The minimum atomic E-state index is 0.430. The first-order valence-electron chi connectivity index (χ1n) is 7.11. The van der Waals surface area contributed by atoms with E-state index in [2.05, 4.69) is 56.9 Å². The van der Waals surface area contributed by atoms with Crippen molar-refractivity contribution in [3.63, 3.8) is 0 Å². The van der Waals surface area contributed by atoms with Gasteiger partial charge in [-0.2, -0.15) is 0 Å². The molecule has 2 aliphatic carbocycles. The molecule has 0 saturated heterocycles. The first kappa shape index (κ1) is 11.8. The van der Waals surface area contributed by atoms with Crippen LogP contribution in [0.25, 0.3) is 0 Å². The standard InChI is InChI=1S/C18H22/c1-17(2)15-11-12-18(17,3)16(13-15)10-9-14-7-5-4-6-8-14/h4-8,15-16H,11-13H2,1-3H3. The predicted octanol–water partition coefficient (Wildman–Crippen LogP) is 4.50. The van der Waals surface area contributed by atoms with Crippen LogP contribution in [0, 0.1) is 34.5 Å². The third kappa shape index (κ3) is 1.53. The Bertz CT molecular complexity index is 500. The Labute approximate surface area is 111 Å². The van der Waals surface area contributed by atoms with Gasteiger partial charge in [0.1, 0.15) is 0 Å². The predicted molar refractivity (Wildman–Crippen MR) is 76.0 cm³/mol. The monoisotopic (exact) mass is 238 g/mol. The molecule has 0 N–H and O–H groups in total. The van der Waals surface area contributed by atoms with Crippen LogP contribution in [0.1, 0.15) is 45.6 Å². The van der Waals surface area contributed by atoms with E-state index in [1.807, 2.05) is 6.07 Å². The van der Waals surface area contributed by atoms with Crippen molar-refractivity contribution in [3.8, 4) is 11.8 Å². The molecule has 0 nitrogen and oxygen atoms in total. The molecule has 0 heteroatoms. The molecule has 2 saturated carbocycles. The van der Waals surface area contributed by atoms with Gasteiger partial charge in [0.25, 0.3) is 0 Å². The number of hydrogen-bond acceptors (Lipinski definition) is 0. The Morgan fingerprint density at radius 2 is 1.83 bits per heavy atom. The molecule has 1 aromatic rings. The van der Waals surface area contributed by atoms with Crippen LogP contribution in [0.3, 0.4) is 0 Å². The number of rotatable bonds is 0. The van der Waals surface area contributed by atoms with Gasteiger partial charge in [0, 0.05) is 11.5 Å². The summed E-state index contributed by atoms with van der Waals surface area (Å²) in [5.74, 6) is 8.44. The van der Waals surface area contributed by atoms with E-state index in [1.54, 1.807) is 0 Å². The van der Waals surface area contributed by atoms with Gasteiger partial charge in [-0.15, -0.1) is 0 Å². The molecule has 94 valence electrons. The fraction of sp³-hybridized carbons (Fsp3) is 0.556. The van der Waals surface area contributed by atoms with Gasteiger partial charge >= 0.3 is 0 Å². The van der Waals surface area contributed by atoms with Crippen molar-refractivity contribution in [2.75, 3.05) is 0 Å². The summed E-state index contributed by atoms with van der Waals surface area (Å²) in [7, 11) is 0. The molecular formula is C18H22. The molecule has 2 bridgehead atoms. The van der Waals surface area contributed by atoms with Crippen molar-refractivity contribution in [2.24, 2.45) is 22.7 Å². The minimum Gasteiger partial charge on any atom is -0.0939 e. The summed E-state index contributed by atoms with van der Waals surface area (Å²) >= 11 is 0. The molecule has 0 radical (unpaired) electrons. The van der Waals surface area contributed by atoms with E-state index in [-0.39, 0.29) is 0 Å². The SMILES string of the molecule is CC1(C)C2CCC1(C)C(C#Cc1ccccc1)C2. The number of hydrogen-bond donors (Lipinski definition) is 0. The summed E-state index contributed by atoms with van der Waals surface area (Å²) in [6.45, 7) is 7.37. The van der Waals surface area contributed by atoms with Gasteiger partial charge in [0.05, 0.1) is 0 Å². The molecule has 2 aliphatic rings. The van der Waals surface area contributed by atoms with Gasteiger partial charge in [0.15, 0.2) is 0 Å². The van der Waals surface area contributed by atoms with Crippen LogP contribution in [-0.4, -0.2) is 0 Å². The zero-order valence-electron chi connectivity index (χ0n) is 11.7.